The van der Waals surface area contributed by atoms with Gasteiger partial charge in [-0.2, -0.15) is 0 Å². The molecule has 3 atom stereocenters. The standard InChI is InChI=1S/C15H24N2/c1-12-4-3-5-15(7-6-12)17-13(2)14-8-10-16-11-9-14/h8-13,15,17H,3-7H2,1-2H3/t12?,13-,15?/m0/s1. The number of hydrogen-bond acceptors (Lipinski definition) is 2. The zero-order chi connectivity index (χ0) is 12.1. The van der Waals surface area contributed by atoms with Crippen molar-refractivity contribution in [3.05, 3.63) is 30.1 Å². The summed E-state index contributed by atoms with van der Waals surface area (Å²) in [6.45, 7) is 4.64. The zero-order valence-corrected chi connectivity index (χ0v) is 11.0. The molecular formula is C15H24N2. The Bertz CT molecular complexity index is 323. The van der Waals surface area contributed by atoms with Crippen LogP contribution in [0.5, 0.6) is 0 Å². The van der Waals surface area contributed by atoms with Crippen LogP contribution in [0.25, 0.3) is 0 Å². The average molecular weight is 232 g/mol. The molecule has 0 saturated heterocycles. The highest BCUT2D eigenvalue weighted by Crippen LogP contribution is 2.24. The van der Waals surface area contributed by atoms with Crippen molar-refractivity contribution in [3.8, 4) is 0 Å². The molecule has 1 aliphatic rings. The molecule has 0 aromatic carbocycles. The van der Waals surface area contributed by atoms with Crippen LogP contribution in [0, 0.1) is 5.92 Å². The molecular weight excluding hydrogens is 208 g/mol. The zero-order valence-electron chi connectivity index (χ0n) is 11.0. The highest BCUT2D eigenvalue weighted by atomic mass is 14.9. The lowest BCUT2D eigenvalue weighted by Crippen LogP contribution is -2.31. The van der Waals surface area contributed by atoms with E-state index in [-0.39, 0.29) is 0 Å². The molecule has 1 saturated carbocycles. The van der Waals surface area contributed by atoms with Gasteiger partial charge in [0.2, 0.25) is 0 Å². The highest BCUT2D eigenvalue weighted by Gasteiger charge is 2.17. The molecule has 1 aliphatic carbocycles. The van der Waals surface area contributed by atoms with Crippen LogP contribution in [0.1, 0.15) is 57.6 Å². The summed E-state index contributed by atoms with van der Waals surface area (Å²) in [6.07, 6.45) is 10.6. The molecule has 2 heteroatoms. The van der Waals surface area contributed by atoms with E-state index in [0.29, 0.717) is 12.1 Å². The lowest BCUT2D eigenvalue weighted by molar-refractivity contribution is 0.408. The molecule has 0 spiro atoms. The Labute approximate surface area is 105 Å². The van der Waals surface area contributed by atoms with Crippen LogP contribution in [-0.2, 0) is 0 Å². The summed E-state index contributed by atoms with van der Waals surface area (Å²) in [7, 11) is 0. The quantitative estimate of drug-likeness (QED) is 0.804. The van der Waals surface area contributed by atoms with Crippen LogP contribution in [-0.4, -0.2) is 11.0 Å². The second-order valence-electron chi connectivity index (χ2n) is 5.48. The number of pyridine rings is 1. The SMILES string of the molecule is CC1CCCC(N[C@@H](C)c2ccncc2)CC1. The molecule has 0 amide bonds. The van der Waals surface area contributed by atoms with Gasteiger partial charge in [0, 0.05) is 24.5 Å². The third-order valence-corrected chi connectivity index (χ3v) is 3.95. The van der Waals surface area contributed by atoms with Crippen molar-refractivity contribution >= 4 is 0 Å². The predicted molar refractivity (Wildman–Crippen MR) is 71.8 cm³/mol. The van der Waals surface area contributed by atoms with E-state index in [2.05, 4.69) is 36.3 Å². The second kappa shape index (κ2) is 6.15. The smallest absolute Gasteiger partial charge is 0.0295 e. The van der Waals surface area contributed by atoms with Gasteiger partial charge in [-0.15, -0.1) is 0 Å². The van der Waals surface area contributed by atoms with Crippen molar-refractivity contribution in [1.82, 2.24) is 10.3 Å². The van der Waals surface area contributed by atoms with Gasteiger partial charge >= 0.3 is 0 Å². The maximum Gasteiger partial charge on any atom is 0.0295 e. The Kier molecular flexibility index (Phi) is 4.55. The van der Waals surface area contributed by atoms with Crippen LogP contribution >= 0.6 is 0 Å². The summed E-state index contributed by atoms with van der Waals surface area (Å²) in [6, 6.07) is 5.35. The van der Waals surface area contributed by atoms with Gasteiger partial charge in [-0.05, 0) is 49.8 Å². The third-order valence-electron chi connectivity index (χ3n) is 3.95. The monoisotopic (exact) mass is 232 g/mol. The number of aromatic nitrogens is 1. The number of rotatable bonds is 3. The summed E-state index contributed by atoms with van der Waals surface area (Å²) >= 11 is 0. The van der Waals surface area contributed by atoms with Gasteiger partial charge in [0.05, 0.1) is 0 Å². The highest BCUT2D eigenvalue weighted by molar-refractivity contribution is 5.14. The molecule has 2 unspecified atom stereocenters. The van der Waals surface area contributed by atoms with E-state index >= 15 is 0 Å². The fraction of sp³-hybridized carbons (Fsp3) is 0.667. The number of nitrogens with zero attached hydrogens (tertiary/aromatic N) is 1. The predicted octanol–water partition coefficient (Wildman–Crippen LogP) is 3.70. The first-order chi connectivity index (χ1) is 8.25. The molecule has 0 radical (unpaired) electrons. The lowest BCUT2D eigenvalue weighted by Gasteiger charge is -2.22. The maximum atomic E-state index is 4.07. The minimum atomic E-state index is 0.441. The van der Waals surface area contributed by atoms with E-state index in [4.69, 9.17) is 0 Å². The first-order valence-electron chi connectivity index (χ1n) is 6.91. The van der Waals surface area contributed by atoms with Gasteiger partial charge in [-0.3, -0.25) is 4.98 Å². The van der Waals surface area contributed by atoms with Gasteiger partial charge in [0.1, 0.15) is 0 Å². The lowest BCUT2D eigenvalue weighted by atomic mass is 10.0. The topological polar surface area (TPSA) is 24.9 Å². The molecule has 1 N–H and O–H groups in total. The Hall–Kier alpha value is -0.890. The fourth-order valence-electron chi connectivity index (χ4n) is 2.76. The molecule has 1 aromatic rings. The van der Waals surface area contributed by atoms with E-state index in [1.807, 2.05) is 12.4 Å². The van der Waals surface area contributed by atoms with E-state index in [9.17, 15) is 0 Å². The van der Waals surface area contributed by atoms with E-state index in [1.165, 1.54) is 37.7 Å². The molecule has 0 aliphatic heterocycles. The largest absolute Gasteiger partial charge is 0.307 e. The minimum absolute atomic E-state index is 0.441. The molecule has 1 aromatic heterocycles. The van der Waals surface area contributed by atoms with Crippen LogP contribution in [0.3, 0.4) is 0 Å². The van der Waals surface area contributed by atoms with Gasteiger partial charge < -0.3 is 5.32 Å². The molecule has 2 nitrogen and oxygen atoms in total. The first-order valence-corrected chi connectivity index (χ1v) is 6.91. The summed E-state index contributed by atoms with van der Waals surface area (Å²) < 4.78 is 0. The van der Waals surface area contributed by atoms with Gasteiger partial charge in [0.25, 0.3) is 0 Å². The second-order valence-corrected chi connectivity index (χ2v) is 5.48. The maximum absolute atomic E-state index is 4.07. The summed E-state index contributed by atoms with van der Waals surface area (Å²) in [4.78, 5) is 4.07. The summed E-state index contributed by atoms with van der Waals surface area (Å²) in [5.74, 6) is 0.915. The Morgan fingerprint density at radius 3 is 2.71 bits per heavy atom. The van der Waals surface area contributed by atoms with Gasteiger partial charge in [-0.25, -0.2) is 0 Å². The van der Waals surface area contributed by atoms with Crippen molar-refractivity contribution in [1.29, 1.82) is 0 Å². The fourth-order valence-corrected chi connectivity index (χ4v) is 2.76. The van der Waals surface area contributed by atoms with E-state index in [1.54, 1.807) is 0 Å². The molecule has 1 heterocycles. The van der Waals surface area contributed by atoms with Crippen molar-refractivity contribution in [2.24, 2.45) is 5.92 Å². The Morgan fingerprint density at radius 2 is 1.94 bits per heavy atom. The molecule has 17 heavy (non-hydrogen) atoms. The van der Waals surface area contributed by atoms with Gasteiger partial charge in [0.15, 0.2) is 0 Å². The van der Waals surface area contributed by atoms with Crippen molar-refractivity contribution in [2.75, 3.05) is 0 Å². The summed E-state index contributed by atoms with van der Waals surface area (Å²) in [5.41, 5.74) is 1.34. The van der Waals surface area contributed by atoms with Crippen LogP contribution in [0.4, 0.5) is 0 Å². The molecule has 0 bridgehead atoms. The van der Waals surface area contributed by atoms with Crippen molar-refractivity contribution < 1.29 is 0 Å². The van der Waals surface area contributed by atoms with E-state index in [0.717, 1.165) is 5.92 Å². The minimum Gasteiger partial charge on any atom is -0.307 e. The molecule has 94 valence electrons. The normalized spacial score (nSPS) is 27.4. The number of hydrogen-bond donors (Lipinski definition) is 1. The van der Waals surface area contributed by atoms with Crippen LogP contribution in [0.2, 0.25) is 0 Å². The van der Waals surface area contributed by atoms with Gasteiger partial charge in [-0.1, -0.05) is 19.8 Å². The summed E-state index contributed by atoms with van der Waals surface area (Å²) in [5, 5.41) is 3.77. The first kappa shape index (κ1) is 12.6. The molecule has 2 rings (SSSR count). The Morgan fingerprint density at radius 1 is 1.18 bits per heavy atom. The average Bonchev–Trinajstić information content (AvgIpc) is 2.56. The van der Waals surface area contributed by atoms with E-state index < -0.39 is 0 Å². The number of nitrogens with one attached hydrogen (secondary N) is 1. The Balaban J connectivity index is 1.88. The molecule has 1 fully saturated rings. The van der Waals surface area contributed by atoms with Crippen LogP contribution in [0.15, 0.2) is 24.5 Å². The van der Waals surface area contributed by atoms with Crippen LogP contribution < -0.4 is 5.32 Å². The van der Waals surface area contributed by atoms with Crippen molar-refractivity contribution in [2.45, 2.75) is 58.0 Å². The third kappa shape index (κ3) is 3.81. The van der Waals surface area contributed by atoms with Crippen molar-refractivity contribution in [3.63, 3.8) is 0 Å².